The molecule has 47 heavy (non-hydrogen) atoms. The van der Waals surface area contributed by atoms with Crippen LogP contribution in [0.3, 0.4) is 0 Å². The maximum atomic E-state index is 14.3. The molecule has 3 aliphatic rings. The minimum atomic E-state index is -1.41. The summed E-state index contributed by atoms with van der Waals surface area (Å²) in [6.07, 6.45) is 9.79. The van der Waals surface area contributed by atoms with Gasteiger partial charge in [0.2, 0.25) is 11.8 Å². The number of aryl methyl sites for hydroxylation is 1. The lowest BCUT2D eigenvalue weighted by molar-refractivity contribution is -0.145. The minimum Gasteiger partial charge on any atom is -0.479 e. The van der Waals surface area contributed by atoms with Gasteiger partial charge in [-0.05, 0) is 59.3 Å². The highest BCUT2D eigenvalue weighted by molar-refractivity contribution is 5.96. The summed E-state index contributed by atoms with van der Waals surface area (Å²) < 4.78 is 5.49. The summed E-state index contributed by atoms with van der Waals surface area (Å²) >= 11 is 0. The first-order valence-corrected chi connectivity index (χ1v) is 16.9. The summed E-state index contributed by atoms with van der Waals surface area (Å²) in [7, 11) is 0. The number of ether oxygens (including phenoxy) is 1. The number of carboxylic acid groups (broad SMARTS) is 1. The molecule has 1 aromatic carbocycles. The number of amides is 3. The van der Waals surface area contributed by atoms with Gasteiger partial charge in [0.25, 0.3) is 0 Å². The summed E-state index contributed by atoms with van der Waals surface area (Å²) in [6.45, 7) is 7.50. The van der Waals surface area contributed by atoms with Gasteiger partial charge in [0, 0.05) is 24.4 Å². The van der Waals surface area contributed by atoms with Gasteiger partial charge in [0.1, 0.15) is 28.9 Å². The number of nitrogens with zero attached hydrogens (tertiary/aromatic N) is 4. The number of alkyl carbamates (subject to hydrolysis) is 1. The average Bonchev–Trinajstić information content (AvgIpc) is 3.34. The van der Waals surface area contributed by atoms with Crippen LogP contribution < -0.4 is 10.6 Å². The molecule has 2 fully saturated rings. The van der Waals surface area contributed by atoms with E-state index in [-0.39, 0.29) is 18.9 Å². The van der Waals surface area contributed by atoms with Crippen molar-refractivity contribution in [1.29, 1.82) is 0 Å². The SMILES string of the molecule is CCCCc1nn([C@H]2C[C@H]3C(=O)N[C@@]4(C(=O)O)C[C@H]4/C=C\CCCCC[C@@H](NC(=O)OC(C)(C)C)C(=O)N3C2)nc1-c1ccccc1. The van der Waals surface area contributed by atoms with Crippen molar-refractivity contribution < 1.29 is 29.0 Å². The first kappa shape index (κ1) is 34.1. The fraction of sp³-hybridized carbons (Fsp3) is 0.600. The zero-order valence-corrected chi connectivity index (χ0v) is 27.9. The Labute approximate surface area is 276 Å². The van der Waals surface area contributed by atoms with Crippen molar-refractivity contribution in [3.63, 3.8) is 0 Å². The summed E-state index contributed by atoms with van der Waals surface area (Å²) in [4.78, 5) is 56.7. The summed E-state index contributed by atoms with van der Waals surface area (Å²) in [5.41, 5.74) is 0.377. The van der Waals surface area contributed by atoms with Crippen LogP contribution in [0.5, 0.6) is 0 Å². The van der Waals surface area contributed by atoms with Crippen LogP contribution in [0.4, 0.5) is 4.79 Å². The molecule has 3 amide bonds. The van der Waals surface area contributed by atoms with Crippen molar-refractivity contribution in [2.75, 3.05) is 6.54 Å². The van der Waals surface area contributed by atoms with Crippen LogP contribution in [0.15, 0.2) is 42.5 Å². The van der Waals surface area contributed by atoms with Crippen LogP contribution in [-0.2, 0) is 25.5 Å². The molecule has 0 bridgehead atoms. The molecular weight excluding hydrogens is 600 g/mol. The van der Waals surface area contributed by atoms with Gasteiger partial charge in [-0.15, -0.1) is 0 Å². The Hall–Kier alpha value is -4.22. The number of hydrogen-bond acceptors (Lipinski definition) is 7. The maximum Gasteiger partial charge on any atom is 0.408 e. The van der Waals surface area contributed by atoms with Gasteiger partial charge in [-0.2, -0.15) is 15.0 Å². The van der Waals surface area contributed by atoms with E-state index in [0.29, 0.717) is 19.3 Å². The normalized spacial score (nSPS) is 27.4. The number of unbranched alkanes of at least 4 members (excludes halogenated alkanes) is 1. The van der Waals surface area contributed by atoms with E-state index in [1.807, 2.05) is 42.5 Å². The lowest BCUT2D eigenvalue weighted by Gasteiger charge is -2.30. The van der Waals surface area contributed by atoms with Crippen molar-refractivity contribution in [3.8, 4) is 11.3 Å². The zero-order valence-electron chi connectivity index (χ0n) is 27.9. The van der Waals surface area contributed by atoms with Crippen molar-refractivity contribution in [2.45, 2.75) is 121 Å². The van der Waals surface area contributed by atoms with E-state index in [0.717, 1.165) is 55.5 Å². The molecule has 5 rings (SSSR count). The molecule has 12 nitrogen and oxygen atoms in total. The molecule has 1 saturated carbocycles. The number of fused-ring (bicyclic) bond motifs is 2. The first-order chi connectivity index (χ1) is 22.4. The number of aliphatic carboxylic acids is 1. The number of benzene rings is 1. The van der Waals surface area contributed by atoms with Crippen molar-refractivity contribution in [2.24, 2.45) is 5.92 Å². The van der Waals surface area contributed by atoms with Gasteiger partial charge >= 0.3 is 12.1 Å². The lowest BCUT2D eigenvalue weighted by Crippen LogP contribution is -2.56. The van der Waals surface area contributed by atoms with Gasteiger partial charge in [0.15, 0.2) is 0 Å². The molecule has 1 aromatic heterocycles. The Kier molecular flexibility index (Phi) is 10.4. The fourth-order valence-electron chi connectivity index (χ4n) is 6.54. The van der Waals surface area contributed by atoms with E-state index in [2.05, 4.69) is 17.6 Å². The molecule has 12 heteroatoms. The number of nitrogens with one attached hydrogen (secondary N) is 2. The third-order valence-corrected chi connectivity index (χ3v) is 9.17. The highest BCUT2D eigenvalue weighted by atomic mass is 16.6. The van der Waals surface area contributed by atoms with Crippen LogP contribution in [-0.4, -0.2) is 78.6 Å². The summed E-state index contributed by atoms with van der Waals surface area (Å²) in [6, 6.07) is 7.46. The zero-order chi connectivity index (χ0) is 33.8. The number of carboxylic acids is 1. The first-order valence-electron chi connectivity index (χ1n) is 16.9. The molecule has 5 atom stereocenters. The van der Waals surface area contributed by atoms with Crippen molar-refractivity contribution >= 4 is 23.9 Å². The van der Waals surface area contributed by atoms with E-state index in [1.54, 1.807) is 25.6 Å². The van der Waals surface area contributed by atoms with Crippen molar-refractivity contribution in [1.82, 2.24) is 30.5 Å². The molecule has 3 N–H and O–H groups in total. The van der Waals surface area contributed by atoms with E-state index >= 15 is 0 Å². The Bertz CT molecular complexity index is 1480. The Morgan fingerprint density at radius 2 is 1.89 bits per heavy atom. The molecule has 0 radical (unpaired) electrons. The van der Waals surface area contributed by atoms with Crippen LogP contribution >= 0.6 is 0 Å². The number of carbonyl (C=O) groups excluding carboxylic acids is 3. The van der Waals surface area contributed by atoms with Crippen molar-refractivity contribution in [3.05, 3.63) is 48.2 Å². The molecule has 3 heterocycles. The van der Waals surface area contributed by atoms with Crippen LogP contribution in [0.2, 0.25) is 0 Å². The predicted molar refractivity (Wildman–Crippen MR) is 175 cm³/mol. The number of allylic oxidation sites excluding steroid dienone is 1. The molecule has 1 saturated heterocycles. The van der Waals surface area contributed by atoms with Gasteiger partial charge in [0.05, 0.1) is 11.7 Å². The topological polar surface area (TPSA) is 156 Å². The minimum absolute atomic E-state index is 0.128. The number of rotatable bonds is 7. The molecule has 2 aromatic rings. The van der Waals surface area contributed by atoms with E-state index in [9.17, 15) is 24.3 Å². The second-order valence-electron chi connectivity index (χ2n) is 14.0. The molecule has 1 aliphatic carbocycles. The van der Waals surface area contributed by atoms with Crippen LogP contribution in [0.25, 0.3) is 11.3 Å². The smallest absolute Gasteiger partial charge is 0.408 e. The van der Waals surface area contributed by atoms with Gasteiger partial charge < -0.3 is 25.4 Å². The molecular formula is C35H48N6O6. The highest BCUT2D eigenvalue weighted by Gasteiger charge is 2.61. The highest BCUT2D eigenvalue weighted by Crippen LogP contribution is 2.45. The van der Waals surface area contributed by atoms with E-state index in [1.165, 1.54) is 4.90 Å². The number of aromatic nitrogens is 3. The predicted octanol–water partition coefficient (Wildman–Crippen LogP) is 4.80. The molecule has 0 spiro atoms. The largest absolute Gasteiger partial charge is 0.479 e. The second kappa shape index (κ2) is 14.3. The Morgan fingerprint density at radius 1 is 1.13 bits per heavy atom. The second-order valence-corrected chi connectivity index (χ2v) is 14.0. The standard InChI is InChI=1S/C35H48N6O6/c1-5-6-18-26-29(23-15-11-10-12-16-23)39-41(38-26)25-20-28-30(42)37-35(32(44)45)21-24(35)17-13-8-7-9-14-19-27(31(43)40(28)22-25)36-33(46)47-34(2,3)4/h10-13,15-17,24-25,27-28H,5-9,14,18-22H2,1-4H3,(H,36,46)(H,37,42)(H,44,45)/b17-13-/t24-,25+,27-,28+,35+/m1/s1. The van der Waals surface area contributed by atoms with E-state index in [4.69, 9.17) is 14.9 Å². The van der Waals surface area contributed by atoms with Gasteiger partial charge in [-0.3, -0.25) is 9.59 Å². The van der Waals surface area contributed by atoms with E-state index < -0.39 is 53.1 Å². The molecule has 254 valence electrons. The fourth-order valence-corrected chi connectivity index (χ4v) is 6.54. The lowest BCUT2D eigenvalue weighted by atomic mass is 10.0. The average molecular weight is 649 g/mol. The van der Waals surface area contributed by atoms with Gasteiger partial charge in [-0.1, -0.05) is 68.7 Å². The molecule has 2 aliphatic heterocycles. The van der Waals surface area contributed by atoms with Crippen LogP contribution in [0, 0.1) is 5.92 Å². The monoisotopic (exact) mass is 648 g/mol. The quantitative estimate of drug-likeness (QED) is 0.362. The summed E-state index contributed by atoms with van der Waals surface area (Å²) in [5.74, 6) is -2.36. The third kappa shape index (κ3) is 8.02. The Balaban J connectivity index is 1.48. The number of carbonyl (C=O) groups is 4. The molecule has 0 unspecified atom stereocenters. The maximum absolute atomic E-state index is 14.3. The third-order valence-electron chi connectivity index (χ3n) is 9.17. The van der Waals surface area contributed by atoms with Crippen LogP contribution in [0.1, 0.15) is 97.2 Å². The number of hydrogen-bond donors (Lipinski definition) is 3. The Morgan fingerprint density at radius 3 is 2.60 bits per heavy atom. The van der Waals surface area contributed by atoms with Gasteiger partial charge in [-0.25, -0.2) is 9.59 Å². The summed E-state index contributed by atoms with van der Waals surface area (Å²) in [5, 5.41) is 25.5.